The molecule has 102 valence electrons. The number of anilines is 1. The molecule has 0 atom stereocenters. The Labute approximate surface area is 113 Å². The lowest BCUT2D eigenvalue weighted by Crippen LogP contribution is -2.28. The highest BCUT2D eigenvalue weighted by Crippen LogP contribution is 2.20. The number of sulfonamides is 1. The van der Waals surface area contributed by atoms with Crippen molar-refractivity contribution in [3.05, 3.63) is 36.5 Å². The Hall–Kier alpha value is -1.66. The number of hydrogen-bond donors (Lipinski definition) is 1. The third kappa shape index (κ3) is 3.21. The third-order valence-electron chi connectivity index (χ3n) is 2.88. The first kappa shape index (κ1) is 13.8. The van der Waals surface area contributed by atoms with Crippen molar-refractivity contribution < 1.29 is 8.42 Å². The van der Waals surface area contributed by atoms with Crippen molar-refractivity contribution in [3.63, 3.8) is 0 Å². The molecule has 0 aliphatic rings. The van der Waals surface area contributed by atoms with Crippen molar-refractivity contribution in [3.8, 4) is 0 Å². The van der Waals surface area contributed by atoms with Gasteiger partial charge in [0.05, 0.1) is 11.3 Å². The van der Waals surface area contributed by atoms with E-state index in [2.05, 4.69) is 10.3 Å². The van der Waals surface area contributed by atoms with Crippen LogP contribution in [0.15, 0.2) is 36.5 Å². The molecule has 0 aliphatic heterocycles. The number of nitrogens with one attached hydrogen (secondary N) is 1. The first-order valence-electron chi connectivity index (χ1n) is 5.98. The number of nitrogens with zero attached hydrogens (tertiary/aromatic N) is 2. The molecule has 0 spiro atoms. The van der Waals surface area contributed by atoms with E-state index >= 15 is 0 Å². The molecule has 0 bridgehead atoms. The number of pyridine rings is 1. The van der Waals surface area contributed by atoms with Gasteiger partial charge in [0.2, 0.25) is 10.0 Å². The Morgan fingerprint density at radius 3 is 2.68 bits per heavy atom. The Morgan fingerprint density at radius 2 is 1.95 bits per heavy atom. The quantitative estimate of drug-likeness (QED) is 0.902. The minimum atomic E-state index is -3.17. The number of aromatic nitrogens is 1. The molecular formula is C13H17N3O2S. The highest BCUT2D eigenvalue weighted by atomic mass is 32.2. The second kappa shape index (κ2) is 5.54. The zero-order valence-electron chi connectivity index (χ0n) is 11.0. The van der Waals surface area contributed by atoms with Crippen molar-refractivity contribution in [2.45, 2.75) is 0 Å². The van der Waals surface area contributed by atoms with Gasteiger partial charge in [-0.15, -0.1) is 0 Å². The summed E-state index contributed by atoms with van der Waals surface area (Å²) in [6.45, 7) is 0.370. The van der Waals surface area contributed by atoms with Crippen LogP contribution < -0.4 is 5.32 Å². The van der Waals surface area contributed by atoms with Crippen LogP contribution in [-0.4, -0.2) is 44.1 Å². The molecule has 5 nitrogen and oxygen atoms in total. The van der Waals surface area contributed by atoms with Gasteiger partial charge < -0.3 is 5.32 Å². The second-order valence-electron chi connectivity index (χ2n) is 4.40. The summed E-state index contributed by atoms with van der Waals surface area (Å²) >= 11 is 0. The molecule has 0 amide bonds. The molecule has 1 aromatic heterocycles. The second-order valence-corrected chi connectivity index (χ2v) is 6.70. The van der Waals surface area contributed by atoms with E-state index in [0.29, 0.717) is 6.54 Å². The molecule has 0 saturated heterocycles. The molecule has 19 heavy (non-hydrogen) atoms. The van der Waals surface area contributed by atoms with Gasteiger partial charge in [-0.05, 0) is 12.1 Å². The Bertz CT molecular complexity index is 663. The summed E-state index contributed by atoms with van der Waals surface area (Å²) < 4.78 is 24.6. The molecule has 6 heteroatoms. The minimum absolute atomic E-state index is 0.0661. The molecular weight excluding hydrogens is 262 g/mol. The molecule has 2 aromatic rings. The normalized spacial score (nSPS) is 11.9. The average Bonchev–Trinajstić information content (AvgIpc) is 2.38. The van der Waals surface area contributed by atoms with Gasteiger partial charge in [-0.25, -0.2) is 12.7 Å². The van der Waals surface area contributed by atoms with Crippen LogP contribution in [0.4, 0.5) is 5.69 Å². The molecule has 0 radical (unpaired) electrons. The van der Waals surface area contributed by atoms with Crippen molar-refractivity contribution in [1.82, 2.24) is 9.29 Å². The Morgan fingerprint density at radius 1 is 1.21 bits per heavy atom. The van der Waals surface area contributed by atoms with Crippen LogP contribution in [0.3, 0.4) is 0 Å². The van der Waals surface area contributed by atoms with E-state index in [1.165, 1.54) is 18.4 Å². The molecule has 2 rings (SSSR count). The highest BCUT2D eigenvalue weighted by Gasteiger charge is 2.12. The molecule has 0 unspecified atom stereocenters. The molecule has 1 N–H and O–H groups in total. The number of rotatable bonds is 5. The maximum atomic E-state index is 11.7. The topological polar surface area (TPSA) is 62.3 Å². The first-order chi connectivity index (χ1) is 9.00. The SMILES string of the molecule is CN(C)S(=O)(=O)CCNc1ccnc2ccccc12. The molecule has 0 aliphatic carbocycles. The van der Waals surface area contributed by atoms with Gasteiger partial charge in [-0.1, -0.05) is 18.2 Å². The lowest BCUT2D eigenvalue weighted by molar-refractivity contribution is 0.521. The van der Waals surface area contributed by atoms with Crippen molar-refractivity contribution in [1.29, 1.82) is 0 Å². The number of hydrogen-bond acceptors (Lipinski definition) is 4. The third-order valence-corrected chi connectivity index (χ3v) is 4.71. The summed E-state index contributed by atoms with van der Waals surface area (Å²) in [5.74, 6) is 0.0661. The number of fused-ring (bicyclic) bond motifs is 1. The molecule has 1 heterocycles. The predicted octanol–water partition coefficient (Wildman–Crippen LogP) is 1.54. The summed E-state index contributed by atoms with van der Waals surface area (Å²) in [6, 6.07) is 9.61. The molecule has 1 aromatic carbocycles. The van der Waals surface area contributed by atoms with E-state index < -0.39 is 10.0 Å². The molecule has 0 fully saturated rings. The Balaban J connectivity index is 2.11. The maximum absolute atomic E-state index is 11.7. The maximum Gasteiger partial charge on any atom is 0.215 e. The van der Waals surface area contributed by atoms with Crippen LogP contribution in [0.5, 0.6) is 0 Å². The van der Waals surface area contributed by atoms with E-state index in [0.717, 1.165) is 16.6 Å². The van der Waals surface area contributed by atoms with Crippen LogP contribution >= 0.6 is 0 Å². The van der Waals surface area contributed by atoms with E-state index in [1.54, 1.807) is 6.20 Å². The number of benzene rings is 1. The van der Waals surface area contributed by atoms with Crippen LogP contribution in [0.2, 0.25) is 0 Å². The van der Waals surface area contributed by atoms with Crippen molar-refractivity contribution in [2.75, 3.05) is 31.7 Å². The fraction of sp³-hybridized carbons (Fsp3) is 0.308. The van der Waals surface area contributed by atoms with E-state index in [4.69, 9.17) is 0 Å². The van der Waals surface area contributed by atoms with Crippen LogP contribution in [-0.2, 0) is 10.0 Å². The van der Waals surface area contributed by atoms with Gasteiger partial charge in [0, 0.05) is 37.9 Å². The molecule has 0 saturated carbocycles. The number of para-hydroxylation sites is 1. The van der Waals surface area contributed by atoms with Gasteiger partial charge in [-0.3, -0.25) is 4.98 Å². The summed E-state index contributed by atoms with van der Waals surface area (Å²) in [5.41, 5.74) is 1.79. The Kier molecular flexibility index (Phi) is 4.01. The van der Waals surface area contributed by atoms with Gasteiger partial charge in [0.15, 0.2) is 0 Å². The lowest BCUT2D eigenvalue weighted by Gasteiger charge is -2.13. The first-order valence-corrected chi connectivity index (χ1v) is 7.59. The largest absolute Gasteiger partial charge is 0.383 e. The summed E-state index contributed by atoms with van der Waals surface area (Å²) in [6.07, 6.45) is 1.71. The van der Waals surface area contributed by atoms with Crippen molar-refractivity contribution >= 4 is 26.6 Å². The van der Waals surface area contributed by atoms with Crippen molar-refractivity contribution in [2.24, 2.45) is 0 Å². The monoisotopic (exact) mass is 279 g/mol. The lowest BCUT2D eigenvalue weighted by atomic mass is 10.2. The average molecular weight is 279 g/mol. The minimum Gasteiger partial charge on any atom is -0.383 e. The smallest absolute Gasteiger partial charge is 0.215 e. The predicted molar refractivity (Wildman–Crippen MR) is 77.7 cm³/mol. The zero-order chi connectivity index (χ0) is 13.9. The van der Waals surface area contributed by atoms with E-state index in [9.17, 15) is 8.42 Å². The van der Waals surface area contributed by atoms with Gasteiger partial charge in [0.25, 0.3) is 0 Å². The van der Waals surface area contributed by atoms with Gasteiger partial charge >= 0.3 is 0 Å². The van der Waals surface area contributed by atoms with Crippen LogP contribution in [0, 0.1) is 0 Å². The fourth-order valence-electron chi connectivity index (χ4n) is 1.75. The summed E-state index contributed by atoms with van der Waals surface area (Å²) in [4.78, 5) is 4.26. The fourth-order valence-corrected chi connectivity index (χ4v) is 2.47. The summed E-state index contributed by atoms with van der Waals surface area (Å²) in [5, 5.41) is 4.15. The van der Waals surface area contributed by atoms with E-state index in [1.807, 2.05) is 30.3 Å². The van der Waals surface area contributed by atoms with Crippen LogP contribution in [0.25, 0.3) is 10.9 Å². The van der Waals surface area contributed by atoms with Crippen LogP contribution in [0.1, 0.15) is 0 Å². The zero-order valence-corrected chi connectivity index (χ0v) is 11.8. The van der Waals surface area contributed by atoms with Gasteiger partial charge in [0.1, 0.15) is 0 Å². The summed E-state index contributed by atoms with van der Waals surface area (Å²) in [7, 11) is -0.0887. The highest BCUT2D eigenvalue weighted by molar-refractivity contribution is 7.89. The van der Waals surface area contributed by atoms with E-state index in [-0.39, 0.29) is 5.75 Å². The van der Waals surface area contributed by atoms with Gasteiger partial charge in [-0.2, -0.15) is 0 Å². The standard InChI is InChI=1S/C13H17N3O2S/c1-16(2)19(17,18)10-9-15-13-7-8-14-12-6-4-3-5-11(12)13/h3-8H,9-10H2,1-2H3,(H,14,15).